The molecule has 5 nitrogen and oxygen atoms in total. The minimum absolute atomic E-state index is 0.0671. The van der Waals surface area contributed by atoms with E-state index in [9.17, 15) is 18.0 Å². The first-order valence-electron chi connectivity index (χ1n) is 5.18. The van der Waals surface area contributed by atoms with E-state index in [1.807, 2.05) is 0 Å². The van der Waals surface area contributed by atoms with E-state index in [-0.39, 0.29) is 11.3 Å². The van der Waals surface area contributed by atoms with Crippen molar-refractivity contribution in [2.45, 2.75) is 6.18 Å². The molecule has 0 aliphatic rings. The molecule has 1 aromatic carbocycles. The number of hydrogen-bond acceptors (Lipinski definition) is 4. The summed E-state index contributed by atoms with van der Waals surface area (Å²) in [5.41, 5.74) is -0.0671. The smallest absolute Gasteiger partial charge is 0.451 e. The lowest BCUT2D eigenvalue weighted by molar-refractivity contribution is -0.145. The van der Waals surface area contributed by atoms with Gasteiger partial charge in [0.1, 0.15) is 11.3 Å². The summed E-state index contributed by atoms with van der Waals surface area (Å²) in [5, 5.41) is 17.3. The van der Waals surface area contributed by atoms with Crippen molar-refractivity contribution in [1.29, 1.82) is 0 Å². The molecule has 2 rings (SSSR count). The van der Waals surface area contributed by atoms with Crippen LogP contribution in [0.5, 0.6) is 5.75 Å². The van der Waals surface area contributed by atoms with Gasteiger partial charge in [-0.1, -0.05) is 12.1 Å². The highest BCUT2D eigenvalue weighted by molar-refractivity contribution is 5.90. The fourth-order valence-corrected chi connectivity index (χ4v) is 1.10. The highest BCUT2D eigenvalue weighted by Gasteiger charge is 2.33. The van der Waals surface area contributed by atoms with Crippen molar-refractivity contribution in [3.63, 3.8) is 0 Å². The summed E-state index contributed by atoms with van der Waals surface area (Å²) in [6, 6.07) is 7.14. The van der Waals surface area contributed by atoms with E-state index in [2.05, 4.69) is 9.97 Å². The molecular weight excluding hydrogens is 277 g/mol. The Bertz CT molecular complexity index is 574. The number of aromatic nitrogens is 2. The highest BCUT2D eigenvalue weighted by Crippen LogP contribution is 2.24. The number of carbonyl (C=O) groups is 1. The molecule has 2 aromatic rings. The molecule has 0 fully saturated rings. The second kappa shape index (κ2) is 6.50. The van der Waals surface area contributed by atoms with Crippen LogP contribution in [-0.2, 0) is 6.18 Å². The van der Waals surface area contributed by atoms with Crippen LogP contribution >= 0.6 is 0 Å². The number of nitrogens with zero attached hydrogens (tertiary/aromatic N) is 2. The SMILES string of the molecule is FC(F)(F)c1ncccn1.O=C(O)c1ccccc1O. The lowest BCUT2D eigenvalue weighted by Crippen LogP contribution is -2.09. The zero-order valence-electron chi connectivity index (χ0n) is 9.87. The van der Waals surface area contributed by atoms with Crippen molar-refractivity contribution in [3.8, 4) is 5.75 Å². The molecule has 1 aromatic heterocycles. The molecule has 106 valence electrons. The van der Waals surface area contributed by atoms with Crippen molar-refractivity contribution < 1.29 is 28.2 Å². The van der Waals surface area contributed by atoms with Crippen LogP contribution in [0.2, 0.25) is 0 Å². The van der Waals surface area contributed by atoms with Gasteiger partial charge in [-0.3, -0.25) is 0 Å². The summed E-state index contributed by atoms with van der Waals surface area (Å²) >= 11 is 0. The van der Waals surface area contributed by atoms with Crippen molar-refractivity contribution in [1.82, 2.24) is 9.97 Å². The standard InChI is InChI=1S/C7H6O3.C5H3F3N2/c8-6-4-2-1-3-5(6)7(9)10;6-5(7,8)4-9-2-1-3-10-4/h1-4,8H,(H,9,10);1-3H. The normalized spacial score (nSPS) is 10.3. The first-order chi connectivity index (χ1) is 9.32. The summed E-state index contributed by atoms with van der Waals surface area (Å²) in [6.45, 7) is 0. The fourth-order valence-electron chi connectivity index (χ4n) is 1.10. The van der Waals surface area contributed by atoms with Crippen molar-refractivity contribution in [2.75, 3.05) is 0 Å². The molecule has 0 radical (unpaired) electrons. The number of phenols is 1. The van der Waals surface area contributed by atoms with Gasteiger partial charge in [0.2, 0.25) is 5.82 Å². The van der Waals surface area contributed by atoms with Gasteiger partial charge in [-0.05, 0) is 18.2 Å². The van der Waals surface area contributed by atoms with Gasteiger partial charge < -0.3 is 10.2 Å². The second-order valence-electron chi connectivity index (χ2n) is 3.39. The maximum absolute atomic E-state index is 11.7. The predicted octanol–water partition coefficient (Wildman–Crippen LogP) is 2.59. The molecule has 0 aliphatic heterocycles. The molecule has 0 unspecified atom stereocenters. The molecule has 0 aliphatic carbocycles. The van der Waals surface area contributed by atoms with E-state index in [4.69, 9.17) is 10.2 Å². The van der Waals surface area contributed by atoms with Gasteiger partial charge in [-0.2, -0.15) is 13.2 Å². The minimum atomic E-state index is -4.43. The molecule has 1 heterocycles. The average Bonchev–Trinajstić information content (AvgIpc) is 2.40. The van der Waals surface area contributed by atoms with Gasteiger partial charge in [0.25, 0.3) is 0 Å². The lowest BCUT2D eigenvalue weighted by atomic mass is 10.2. The van der Waals surface area contributed by atoms with E-state index >= 15 is 0 Å². The van der Waals surface area contributed by atoms with Crippen LogP contribution in [0.1, 0.15) is 16.2 Å². The van der Waals surface area contributed by atoms with Gasteiger partial charge >= 0.3 is 12.1 Å². The van der Waals surface area contributed by atoms with Crippen LogP contribution in [0.4, 0.5) is 13.2 Å². The zero-order valence-corrected chi connectivity index (χ0v) is 9.87. The van der Waals surface area contributed by atoms with Crippen molar-refractivity contribution in [2.24, 2.45) is 0 Å². The summed E-state index contributed by atoms with van der Waals surface area (Å²) < 4.78 is 35.0. The molecular formula is C12H9F3N2O3. The number of halogens is 3. The molecule has 8 heteroatoms. The van der Waals surface area contributed by atoms with Crippen LogP contribution in [0.25, 0.3) is 0 Å². The van der Waals surface area contributed by atoms with Gasteiger partial charge in [0, 0.05) is 12.4 Å². The Labute approximate surface area is 111 Å². The van der Waals surface area contributed by atoms with E-state index < -0.39 is 18.0 Å². The van der Waals surface area contributed by atoms with Crippen LogP contribution in [0, 0.1) is 0 Å². The summed E-state index contributed by atoms with van der Waals surface area (Å²) in [4.78, 5) is 16.3. The van der Waals surface area contributed by atoms with Gasteiger partial charge in [0.15, 0.2) is 0 Å². The molecule has 0 saturated heterocycles. The van der Waals surface area contributed by atoms with Gasteiger partial charge in [-0.25, -0.2) is 14.8 Å². The summed E-state index contributed by atoms with van der Waals surface area (Å²) in [6.07, 6.45) is -2.33. The number of para-hydroxylation sites is 1. The number of carboxylic acid groups (broad SMARTS) is 1. The van der Waals surface area contributed by atoms with Crippen LogP contribution in [0.3, 0.4) is 0 Å². The van der Waals surface area contributed by atoms with Crippen molar-refractivity contribution in [3.05, 3.63) is 54.1 Å². The Kier molecular flexibility index (Phi) is 5.01. The highest BCUT2D eigenvalue weighted by atomic mass is 19.4. The topological polar surface area (TPSA) is 83.3 Å². The number of aromatic hydroxyl groups is 1. The third-order valence-corrected chi connectivity index (χ3v) is 1.95. The molecule has 0 amide bonds. The first-order valence-corrected chi connectivity index (χ1v) is 5.18. The Morgan fingerprint density at radius 2 is 1.60 bits per heavy atom. The molecule has 0 atom stereocenters. The average molecular weight is 286 g/mol. The van der Waals surface area contributed by atoms with Crippen LogP contribution in [-0.4, -0.2) is 26.2 Å². The number of alkyl halides is 3. The number of hydrogen-bond donors (Lipinski definition) is 2. The van der Waals surface area contributed by atoms with Crippen LogP contribution < -0.4 is 0 Å². The minimum Gasteiger partial charge on any atom is -0.507 e. The van der Waals surface area contributed by atoms with Gasteiger partial charge in [0.05, 0.1) is 0 Å². The number of benzene rings is 1. The van der Waals surface area contributed by atoms with E-state index in [0.29, 0.717) is 0 Å². The monoisotopic (exact) mass is 286 g/mol. The van der Waals surface area contributed by atoms with E-state index in [1.165, 1.54) is 18.2 Å². The van der Waals surface area contributed by atoms with Gasteiger partial charge in [-0.15, -0.1) is 0 Å². The number of rotatable bonds is 1. The third kappa shape index (κ3) is 4.56. The summed E-state index contributed by atoms with van der Waals surface area (Å²) in [7, 11) is 0. The Morgan fingerprint density at radius 1 is 1.05 bits per heavy atom. The second-order valence-corrected chi connectivity index (χ2v) is 3.39. The zero-order chi connectivity index (χ0) is 15.2. The Morgan fingerprint density at radius 3 is 1.95 bits per heavy atom. The van der Waals surface area contributed by atoms with E-state index in [0.717, 1.165) is 12.4 Å². The molecule has 20 heavy (non-hydrogen) atoms. The maximum Gasteiger partial charge on any atom is 0.451 e. The number of carboxylic acids is 1. The molecule has 2 N–H and O–H groups in total. The molecule has 0 saturated carbocycles. The van der Waals surface area contributed by atoms with E-state index in [1.54, 1.807) is 12.1 Å². The summed E-state index contributed by atoms with van der Waals surface area (Å²) in [5.74, 6) is -2.41. The first kappa shape index (κ1) is 15.4. The van der Waals surface area contributed by atoms with Crippen LogP contribution in [0.15, 0.2) is 42.7 Å². The number of aromatic carboxylic acids is 1. The molecule has 0 bridgehead atoms. The lowest BCUT2D eigenvalue weighted by Gasteiger charge is -2.01. The third-order valence-electron chi connectivity index (χ3n) is 1.95. The maximum atomic E-state index is 11.7. The largest absolute Gasteiger partial charge is 0.507 e. The predicted molar refractivity (Wildman–Crippen MR) is 62.1 cm³/mol. The quantitative estimate of drug-likeness (QED) is 0.841. The Balaban J connectivity index is 0.000000200. The Hall–Kier alpha value is -2.64. The fraction of sp³-hybridized carbons (Fsp3) is 0.0833. The molecule has 0 spiro atoms. The van der Waals surface area contributed by atoms with Crippen molar-refractivity contribution >= 4 is 5.97 Å².